The fourth-order valence-corrected chi connectivity index (χ4v) is 2.85. The first-order valence-electron chi connectivity index (χ1n) is 8.21. The Morgan fingerprint density at radius 2 is 1.71 bits per heavy atom. The maximum Gasteiger partial charge on any atom is 0.317 e. The van der Waals surface area contributed by atoms with E-state index in [4.69, 9.17) is 0 Å². The fraction of sp³-hybridized carbons (Fsp3) is 0.316. The molecule has 3 rings (SSSR count). The molecule has 1 aliphatic rings. The van der Waals surface area contributed by atoms with Crippen LogP contribution in [0, 0.1) is 12.7 Å². The van der Waals surface area contributed by atoms with E-state index in [2.05, 4.69) is 41.4 Å². The molecule has 2 aromatic carbocycles. The summed E-state index contributed by atoms with van der Waals surface area (Å²) in [5.41, 5.74) is 2.93. The molecule has 1 aliphatic heterocycles. The number of hydrogen-bond acceptors (Lipinski definition) is 2. The number of carbonyl (C=O) groups excluding carboxylic acids is 1. The molecule has 0 aliphatic carbocycles. The SMILES string of the molecule is Cc1ccc(N2CCN(C(=O)NCc3ccccc3F)CC2)cc1. The molecule has 5 heteroatoms. The molecule has 0 bridgehead atoms. The number of benzene rings is 2. The van der Waals surface area contributed by atoms with Crippen molar-refractivity contribution in [1.82, 2.24) is 10.2 Å². The molecule has 24 heavy (non-hydrogen) atoms. The number of nitrogens with zero attached hydrogens (tertiary/aromatic N) is 2. The van der Waals surface area contributed by atoms with E-state index < -0.39 is 0 Å². The molecule has 0 unspecified atom stereocenters. The fourth-order valence-electron chi connectivity index (χ4n) is 2.85. The summed E-state index contributed by atoms with van der Waals surface area (Å²) in [6.07, 6.45) is 0. The summed E-state index contributed by atoms with van der Waals surface area (Å²) in [4.78, 5) is 16.3. The number of rotatable bonds is 3. The number of urea groups is 1. The average molecular weight is 327 g/mol. The monoisotopic (exact) mass is 327 g/mol. The van der Waals surface area contributed by atoms with Gasteiger partial charge in [0.2, 0.25) is 0 Å². The molecule has 1 heterocycles. The first-order valence-corrected chi connectivity index (χ1v) is 8.21. The minimum Gasteiger partial charge on any atom is -0.368 e. The van der Waals surface area contributed by atoms with E-state index in [1.165, 1.54) is 17.3 Å². The van der Waals surface area contributed by atoms with E-state index in [-0.39, 0.29) is 18.4 Å². The van der Waals surface area contributed by atoms with Crippen LogP contribution in [-0.2, 0) is 6.54 Å². The maximum absolute atomic E-state index is 13.6. The Morgan fingerprint density at radius 3 is 2.38 bits per heavy atom. The Kier molecular flexibility index (Phi) is 4.99. The van der Waals surface area contributed by atoms with E-state index in [0.717, 1.165) is 13.1 Å². The number of aryl methyl sites for hydroxylation is 1. The van der Waals surface area contributed by atoms with E-state index in [1.807, 2.05) is 0 Å². The van der Waals surface area contributed by atoms with Gasteiger partial charge < -0.3 is 15.1 Å². The third-order valence-corrected chi connectivity index (χ3v) is 4.35. The Bertz CT molecular complexity index is 694. The lowest BCUT2D eigenvalue weighted by Crippen LogP contribution is -2.51. The molecule has 2 aromatic rings. The zero-order valence-electron chi connectivity index (χ0n) is 13.8. The highest BCUT2D eigenvalue weighted by atomic mass is 19.1. The predicted octanol–water partition coefficient (Wildman–Crippen LogP) is 3.17. The van der Waals surface area contributed by atoms with Crippen LogP contribution in [0.1, 0.15) is 11.1 Å². The van der Waals surface area contributed by atoms with Gasteiger partial charge in [-0.05, 0) is 25.1 Å². The lowest BCUT2D eigenvalue weighted by atomic mass is 10.2. The Labute approximate surface area is 141 Å². The number of halogens is 1. The standard InChI is InChI=1S/C19H22FN3O/c1-15-6-8-17(9-7-15)22-10-12-23(13-11-22)19(24)21-14-16-4-2-3-5-18(16)20/h2-9H,10-14H2,1H3,(H,21,24). The smallest absolute Gasteiger partial charge is 0.317 e. The van der Waals surface area contributed by atoms with Crippen LogP contribution in [0.3, 0.4) is 0 Å². The van der Waals surface area contributed by atoms with Crippen LogP contribution in [0.25, 0.3) is 0 Å². The average Bonchev–Trinajstić information content (AvgIpc) is 2.62. The number of amides is 2. The molecule has 0 aromatic heterocycles. The van der Waals surface area contributed by atoms with Gasteiger partial charge in [-0.3, -0.25) is 0 Å². The second-order valence-electron chi connectivity index (χ2n) is 6.06. The Balaban J connectivity index is 1.50. The zero-order chi connectivity index (χ0) is 16.9. The van der Waals surface area contributed by atoms with Gasteiger partial charge in [-0.2, -0.15) is 0 Å². The van der Waals surface area contributed by atoms with Crippen molar-refractivity contribution in [2.24, 2.45) is 0 Å². The summed E-state index contributed by atoms with van der Waals surface area (Å²) in [6, 6.07) is 14.8. The molecular weight excluding hydrogens is 305 g/mol. The second-order valence-corrected chi connectivity index (χ2v) is 6.06. The summed E-state index contributed by atoms with van der Waals surface area (Å²) in [5, 5.41) is 2.80. The second kappa shape index (κ2) is 7.34. The molecule has 0 atom stereocenters. The summed E-state index contributed by atoms with van der Waals surface area (Å²) in [6.45, 7) is 5.21. The number of hydrogen-bond donors (Lipinski definition) is 1. The molecule has 126 valence electrons. The Hall–Kier alpha value is -2.56. The first kappa shape index (κ1) is 16.3. The van der Waals surface area contributed by atoms with Crippen LogP contribution in [-0.4, -0.2) is 37.1 Å². The molecule has 4 nitrogen and oxygen atoms in total. The van der Waals surface area contributed by atoms with Crippen LogP contribution in [0.15, 0.2) is 48.5 Å². The van der Waals surface area contributed by atoms with Gasteiger partial charge >= 0.3 is 6.03 Å². The highest BCUT2D eigenvalue weighted by Crippen LogP contribution is 2.17. The van der Waals surface area contributed by atoms with Crippen molar-refractivity contribution >= 4 is 11.7 Å². The lowest BCUT2D eigenvalue weighted by molar-refractivity contribution is 0.194. The van der Waals surface area contributed by atoms with Crippen molar-refractivity contribution in [2.75, 3.05) is 31.1 Å². The predicted molar refractivity (Wildman–Crippen MR) is 93.6 cm³/mol. The van der Waals surface area contributed by atoms with Crippen LogP contribution >= 0.6 is 0 Å². The van der Waals surface area contributed by atoms with Gasteiger partial charge in [-0.1, -0.05) is 35.9 Å². The number of carbonyl (C=O) groups is 1. The van der Waals surface area contributed by atoms with Gasteiger partial charge in [0.25, 0.3) is 0 Å². The van der Waals surface area contributed by atoms with Gasteiger partial charge in [0.1, 0.15) is 5.82 Å². The molecule has 0 spiro atoms. The zero-order valence-corrected chi connectivity index (χ0v) is 13.8. The largest absolute Gasteiger partial charge is 0.368 e. The Morgan fingerprint density at radius 1 is 1.04 bits per heavy atom. The van der Waals surface area contributed by atoms with Crippen molar-refractivity contribution in [1.29, 1.82) is 0 Å². The molecule has 0 radical (unpaired) electrons. The quantitative estimate of drug-likeness (QED) is 0.940. The molecular formula is C19H22FN3O. The van der Waals surface area contributed by atoms with Crippen molar-refractivity contribution in [3.63, 3.8) is 0 Å². The van der Waals surface area contributed by atoms with E-state index in [1.54, 1.807) is 23.1 Å². The number of nitrogens with one attached hydrogen (secondary N) is 1. The third-order valence-electron chi connectivity index (χ3n) is 4.35. The highest BCUT2D eigenvalue weighted by molar-refractivity contribution is 5.74. The van der Waals surface area contributed by atoms with Crippen molar-refractivity contribution in [3.05, 3.63) is 65.5 Å². The summed E-state index contributed by atoms with van der Waals surface area (Å²) >= 11 is 0. The molecule has 1 fully saturated rings. The molecule has 1 N–H and O–H groups in total. The topological polar surface area (TPSA) is 35.6 Å². The van der Waals surface area contributed by atoms with E-state index in [9.17, 15) is 9.18 Å². The van der Waals surface area contributed by atoms with Crippen LogP contribution in [0.5, 0.6) is 0 Å². The van der Waals surface area contributed by atoms with Crippen molar-refractivity contribution in [2.45, 2.75) is 13.5 Å². The minimum absolute atomic E-state index is 0.137. The van der Waals surface area contributed by atoms with Gasteiger partial charge in [0, 0.05) is 44.0 Å². The van der Waals surface area contributed by atoms with Crippen LogP contribution in [0.4, 0.5) is 14.9 Å². The van der Waals surface area contributed by atoms with Crippen molar-refractivity contribution < 1.29 is 9.18 Å². The van der Waals surface area contributed by atoms with E-state index >= 15 is 0 Å². The molecule has 0 saturated carbocycles. The van der Waals surface area contributed by atoms with Gasteiger partial charge in [0.05, 0.1) is 0 Å². The third kappa shape index (κ3) is 3.85. The van der Waals surface area contributed by atoms with Crippen molar-refractivity contribution in [3.8, 4) is 0 Å². The first-order chi connectivity index (χ1) is 11.6. The molecule has 2 amide bonds. The highest BCUT2D eigenvalue weighted by Gasteiger charge is 2.21. The van der Waals surface area contributed by atoms with Gasteiger partial charge in [-0.25, -0.2) is 9.18 Å². The van der Waals surface area contributed by atoms with Gasteiger partial charge in [0.15, 0.2) is 0 Å². The molecule has 1 saturated heterocycles. The van der Waals surface area contributed by atoms with Gasteiger partial charge in [-0.15, -0.1) is 0 Å². The summed E-state index contributed by atoms with van der Waals surface area (Å²) in [7, 11) is 0. The van der Waals surface area contributed by atoms with E-state index in [0.29, 0.717) is 18.7 Å². The van der Waals surface area contributed by atoms with Crippen LogP contribution < -0.4 is 10.2 Å². The lowest BCUT2D eigenvalue weighted by Gasteiger charge is -2.36. The minimum atomic E-state index is -0.290. The number of anilines is 1. The number of piperazine rings is 1. The maximum atomic E-state index is 13.6. The normalized spacial score (nSPS) is 14.6. The summed E-state index contributed by atoms with van der Waals surface area (Å²) < 4.78 is 13.6. The van der Waals surface area contributed by atoms with Crippen LogP contribution in [0.2, 0.25) is 0 Å². The summed E-state index contributed by atoms with van der Waals surface area (Å²) in [5.74, 6) is -0.290.